The summed E-state index contributed by atoms with van der Waals surface area (Å²) in [5.41, 5.74) is 2.40. The smallest absolute Gasteiger partial charge is 0.290 e. The van der Waals surface area contributed by atoms with Crippen LogP contribution in [0.3, 0.4) is 0 Å². The molecule has 1 amide bonds. The van der Waals surface area contributed by atoms with Crippen LogP contribution in [0.5, 0.6) is 0 Å². The zero-order valence-corrected chi connectivity index (χ0v) is 18.9. The first-order chi connectivity index (χ1) is 16.3. The van der Waals surface area contributed by atoms with E-state index in [0.29, 0.717) is 30.9 Å². The molecule has 3 N–H and O–H groups in total. The topological polar surface area (TPSA) is 120 Å². The molecule has 8 nitrogen and oxygen atoms in total. The molecular weight excluding hydrogens is 457 g/mol. The van der Waals surface area contributed by atoms with E-state index in [4.69, 9.17) is 5.14 Å². The second-order valence-corrected chi connectivity index (χ2v) is 9.16. The van der Waals surface area contributed by atoms with Crippen molar-refractivity contribution in [3.63, 3.8) is 0 Å². The van der Waals surface area contributed by atoms with E-state index < -0.39 is 15.9 Å². The SMILES string of the molecule is NS(=O)(=O)c1ccc(-n2nc(C(=O)NCCc3ccc(F)cc3)nc2Cc2ccccc2)cc1. The predicted octanol–water partition coefficient (Wildman–Crippen LogP) is 2.62. The Kier molecular flexibility index (Phi) is 6.80. The standard InChI is InChI=1S/C24H22FN5O3S/c25-19-8-6-17(7-9-19)14-15-27-24(31)23-28-22(16-18-4-2-1-3-5-18)30(29-23)20-10-12-21(13-11-20)34(26,32)33/h1-13H,14-16H2,(H,27,31)(H2,26,32,33). The number of amides is 1. The van der Waals surface area contributed by atoms with E-state index in [1.165, 1.54) is 28.9 Å². The van der Waals surface area contributed by atoms with E-state index >= 15 is 0 Å². The molecule has 0 bridgehead atoms. The van der Waals surface area contributed by atoms with Crippen LogP contribution in [0.4, 0.5) is 4.39 Å². The van der Waals surface area contributed by atoms with Gasteiger partial charge in [-0.3, -0.25) is 4.79 Å². The molecule has 34 heavy (non-hydrogen) atoms. The van der Waals surface area contributed by atoms with Crippen LogP contribution in [0.25, 0.3) is 5.69 Å². The van der Waals surface area contributed by atoms with Gasteiger partial charge in [0.25, 0.3) is 5.91 Å². The third-order valence-electron chi connectivity index (χ3n) is 5.10. The minimum absolute atomic E-state index is 0.0134. The molecule has 4 aromatic rings. The summed E-state index contributed by atoms with van der Waals surface area (Å²) in [5, 5.41) is 12.3. The van der Waals surface area contributed by atoms with E-state index in [0.717, 1.165) is 11.1 Å². The Bertz CT molecular complexity index is 1390. The van der Waals surface area contributed by atoms with Gasteiger partial charge < -0.3 is 5.32 Å². The van der Waals surface area contributed by atoms with Crippen molar-refractivity contribution >= 4 is 15.9 Å². The molecule has 0 aliphatic carbocycles. The van der Waals surface area contributed by atoms with Gasteiger partial charge in [-0.2, -0.15) is 0 Å². The van der Waals surface area contributed by atoms with Crippen molar-refractivity contribution in [3.8, 4) is 5.69 Å². The van der Waals surface area contributed by atoms with E-state index in [1.807, 2.05) is 30.3 Å². The number of aromatic nitrogens is 3. The van der Waals surface area contributed by atoms with E-state index in [9.17, 15) is 17.6 Å². The van der Waals surface area contributed by atoms with Gasteiger partial charge >= 0.3 is 0 Å². The molecule has 3 aromatic carbocycles. The highest BCUT2D eigenvalue weighted by molar-refractivity contribution is 7.89. The number of hydrogen-bond acceptors (Lipinski definition) is 5. The number of primary sulfonamides is 1. The van der Waals surface area contributed by atoms with Gasteiger partial charge in [-0.1, -0.05) is 42.5 Å². The molecule has 0 unspecified atom stereocenters. The Morgan fingerprint density at radius 1 is 0.941 bits per heavy atom. The number of carbonyl (C=O) groups excluding carboxylic acids is 1. The third-order valence-corrected chi connectivity index (χ3v) is 6.03. The number of hydrogen-bond donors (Lipinski definition) is 2. The summed E-state index contributed by atoms with van der Waals surface area (Å²) in [5.74, 6) is -0.263. The number of halogens is 1. The molecular formula is C24H22FN5O3S. The van der Waals surface area contributed by atoms with Crippen LogP contribution in [0.1, 0.15) is 27.6 Å². The number of benzene rings is 3. The van der Waals surface area contributed by atoms with Crippen molar-refractivity contribution in [1.82, 2.24) is 20.1 Å². The summed E-state index contributed by atoms with van der Waals surface area (Å²) < 4.78 is 37.7. The molecule has 10 heteroatoms. The number of nitrogens with one attached hydrogen (secondary N) is 1. The van der Waals surface area contributed by atoms with Crippen molar-refractivity contribution < 1.29 is 17.6 Å². The molecule has 0 spiro atoms. The summed E-state index contributed by atoms with van der Waals surface area (Å²) >= 11 is 0. The predicted molar refractivity (Wildman–Crippen MR) is 124 cm³/mol. The van der Waals surface area contributed by atoms with Gasteiger partial charge in [-0.25, -0.2) is 27.6 Å². The first-order valence-electron chi connectivity index (χ1n) is 10.5. The summed E-state index contributed by atoms with van der Waals surface area (Å²) in [6, 6.07) is 21.5. The van der Waals surface area contributed by atoms with Crippen molar-refractivity contribution in [2.45, 2.75) is 17.7 Å². The van der Waals surface area contributed by atoms with Crippen molar-refractivity contribution in [1.29, 1.82) is 0 Å². The van der Waals surface area contributed by atoms with Gasteiger partial charge in [-0.15, -0.1) is 5.10 Å². The van der Waals surface area contributed by atoms with Crippen molar-refractivity contribution in [2.24, 2.45) is 5.14 Å². The van der Waals surface area contributed by atoms with Gasteiger partial charge in [0.2, 0.25) is 15.8 Å². The Labute approximate surface area is 196 Å². The molecule has 0 radical (unpaired) electrons. The fraction of sp³-hybridized carbons (Fsp3) is 0.125. The Morgan fingerprint density at radius 2 is 1.62 bits per heavy atom. The van der Waals surface area contributed by atoms with Gasteiger partial charge in [0, 0.05) is 13.0 Å². The largest absolute Gasteiger partial charge is 0.349 e. The second-order valence-electron chi connectivity index (χ2n) is 7.60. The second kappa shape index (κ2) is 9.94. The number of carbonyl (C=O) groups is 1. The van der Waals surface area contributed by atoms with Gasteiger partial charge in [0.15, 0.2) is 0 Å². The quantitative estimate of drug-likeness (QED) is 0.403. The van der Waals surface area contributed by atoms with Crippen LogP contribution >= 0.6 is 0 Å². The highest BCUT2D eigenvalue weighted by atomic mass is 32.2. The van der Waals surface area contributed by atoms with Gasteiger partial charge in [0.1, 0.15) is 11.6 Å². The maximum Gasteiger partial charge on any atom is 0.290 e. The number of nitrogens with zero attached hydrogens (tertiary/aromatic N) is 3. The monoisotopic (exact) mass is 479 g/mol. The fourth-order valence-electron chi connectivity index (χ4n) is 3.37. The molecule has 0 saturated carbocycles. The average Bonchev–Trinajstić information content (AvgIpc) is 3.24. The van der Waals surface area contributed by atoms with Gasteiger partial charge in [0.05, 0.1) is 10.6 Å². The molecule has 0 aliphatic heterocycles. The maximum absolute atomic E-state index is 13.1. The highest BCUT2D eigenvalue weighted by Gasteiger charge is 2.18. The minimum atomic E-state index is -3.83. The molecule has 1 heterocycles. The summed E-state index contributed by atoms with van der Waals surface area (Å²) in [4.78, 5) is 17.1. The van der Waals surface area contributed by atoms with Crippen LogP contribution in [-0.2, 0) is 22.9 Å². The molecule has 0 saturated heterocycles. The zero-order chi connectivity index (χ0) is 24.1. The first-order valence-corrected chi connectivity index (χ1v) is 12.0. The van der Waals surface area contributed by atoms with Crippen LogP contribution in [0.2, 0.25) is 0 Å². The van der Waals surface area contributed by atoms with Crippen LogP contribution in [0, 0.1) is 5.82 Å². The summed E-state index contributed by atoms with van der Waals surface area (Å²) in [6.45, 7) is 0.329. The van der Waals surface area contributed by atoms with Crippen molar-refractivity contribution in [2.75, 3.05) is 6.54 Å². The molecule has 174 valence electrons. The van der Waals surface area contributed by atoms with E-state index in [2.05, 4.69) is 15.4 Å². The van der Waals surface area contributed by atoms with Crippen molar-refractivity contribution in [3.05, 3.63) is 107 Å². The summed E-state index contributed by atoms with van der Waals surface area (Å²) in [7, 11) is -3.83. The molecule has 1 aromatic heterocycles. The molecule has 4 rings (SSSR count). The Morgan fingerprint density at radius 3 is 2.26 bits per heavy atom. The lowest BCUT2D eigenvalue weighted by molar-refractivity contribution is 0.0943. The van der Waals surface area contributed by atoms with Gasteiger partial charge in [-0.05, 0) is 53.9 Å². The molecule has 0 fully saturated rings. The fourth-order valence-corrected chi connectivity index (χ4v) is 3.88. The minimum Gasteiger partial charge on any atom is -0.349 e. The van der Waals surface area contributed by atoms with E-state index in [-0.39, 0.29) is 16.5 Å². The Hall–Kier alpha value is -3.89. The Balaban J connectivity index is 1.56. The van der Waals surface area contributed by atoms with Crippen LogP contribution < -0.4 is 10.5 Å². The van der Waals surface area contributed by atoms with E-state index in [1.54, 1.807) is 24.3 Å². The molecule has 0 aliphatic rings. The lowest BCUT2D eigenvalue weighted by Gasteiger charge is -2.07. The molecule has 0 atom stereocenters. The lowest BCUT2D eigenvalue weighted by atomic mass is 10.1. The normalized spacial score (nSPS) is 11.4. The zero-order valence-electron chi connectivity index (χ0n) is 18.1. The summed E-state index contributed by atoms with van der Waals surface area (Å²) in [6.07, 6.45) is 0.937. The van der Waals surface area contributed by atoms with Crippen LogP contribution in [-0.4, -0.2) is 35.6 Å². The number of nitrogens with two attached hydrogens (primary N) is 1. The highest BCUT2D eigenvalue weighted by Crippen LogP contribution is 2.16. The maximum atomic E-state index is 13.1. The first kappa shape index (κ1) is 23.3. The number of sulfonamides is 1. The average molecular weight is 480 g/mol. The van der Waals surface area contributed by atoms with Crippen LogP contribution in [0.15, 0.2) is 83.8 Å². The number of rotatable bonds is 8. The third kappa shape index (κ3) is 5.72. The lowest BCUT2D eigenvalue weighted by Crippen LogP contribution is -2.27.